The fourth-order valence-electron chi connectivity index (χ4n) is 1.87. The van der Waals surface area contributed by atoms with E-state index in [0.717, 1.165) is 11.4 Å². The monoisotopic (exact) mass is 289 g/mol. The zero-order valence-corrected chi connectivity index (χ0v) is 12.1. The number of hydrogen-bond acceptors (Lipinski definition) is 3. The molecule has 0 radical (unpaired) electrons. The molecule has 2 aromatic carbocycles. The highest BCUT2D eigenvalue weighted by Crippen LogP contribution is 2.17. The van der Waals surface area contributed by atoms with E-state index >= 15 is 0 Å². The molecule has 0 aliphatic rings. The SMILES string of the molecule is COc1ccc(NC(C)C(=O)c2ccc(Cl)cc2)cc1. The summed E-state index contributed by atoms with van der Waals surface area (Å²) >= 11 is 5.82. The highest BCUT2D eigenvalue weighted by molar-refractivity contribution is 6.30. The van der Waals surface area contributed by atoms with Gasteiger partial charge in [-0.05, 0) is 55.5 Å². The number of hydrogen-bond donors (Lipinski definition) is 1. The summed E-state index contributed by atoms with van der Waals surface area (Å²) in [6, 6.07) is 14.0. The van der Waals surface area contributed by atoms with Gasteiger partial charge in [-0.3, -0.25) is 4.79 Å². The van der Waals surface area contributed by atoms with Gasteiger partial charge in [0.15, 0.2) is 5.78 Å². The van der Waals surface area contributed by atoms with Gasteiger partial charge in [0.05, 0.1) is 13.2 Å². The average molecular weight is 290 g/mol. The molecule has 0 bridgehead atoms. The first-order chi connectivity index (χ1) is 9.60. The lowest BCUT2D eigenvalue weighted by Gasteiger charge is -2.14. The third kappa shape index (κ3) is 3.52. The number of carbonyl (C=O) groups is 1. The summed E-state index contributed by atoms with van der Waals surface area (Å²) in [7, 11) is 1.62. The molecule has 2 rings (SSSR count). The van der Waals surface area contributed by atoms with Crippen molar-refractivity contribution in [1.29, 1.82) is 0 Å². The third-order valence-corrected chi connectivity index (χ3v) is 3.25. The maximum absolute atomic E-state index is 12.3. The molecule has 0 saturated heterocycles. The molecule has 0 heterocycles. The molecule has 0 aliphatic carbocycles. The van der Waals surface area contributed by atoms with Crippen LogP contribution in [0.4, 0.5) is 5.69 Å². The topological polar surface area (TPSA) is 38.3 Å². The minimum Gasteiger partial charge on any atom is -0.497 e. The lowest BCUT2D eigenvalue weighted by Crippen LogP contribution is -2.26. The van der Waals surface area contributed by atoms with Gasteiger partial charge in [-0.15, -0.1) is 0 Å². The van der Waals surface area contributed by atoms with Gasteiger partial charge in [-0.2, -0.15) is 0 Å². The van der Waals surface area contributed by atoms with Crippen molar-refractivity contribution in [1.82, 2.24) is 0 Å². The average Bonchev–Trinajstić information content (AvgIpc) is 2.48. The molecule has 1 atom stereocenters. The van der Waals surface area contributed by atoms with Gasteiger partial charge < -0.3 is 10.1 Å². The molecular weight excluding hydrogens is 274 g/mol. The second kappa shape index (κ2) is 6.44. The summed E-state index contributed by atoms with van der Waals surface area (Å²) in [6.45, 7) is 1.83. The van der Waals surface area contributed by atoms with E-state index in [4.69, 9.17) is 16.3 Å². The Morgan fingerprint density at radius 1 is 1.10 bits per heavy atom. The molecule has 0 fully saturated rings. The van der Waals surface area contributed by atoms with Crippen LogP contribution in [0.15, 0.2) is 48.5 Å². The Morgan fingerprint density at radius 2 is 1.70 bits per heavy atom. The number of Topliss-reactive ketones (excluding diaryl/α,β-unsaturated/α-hetero) is 1. The van der Waals surface area contributed by atoms with Crippen molar-refractivity contribution in [3.05, 3.63) is 59.1 Å². The molecule has 0 spiro atoms. The number of methoxy groups -OCH3 is 1. The predicted octanol–water partition coefficient (Wildman–Crippen LogP) is 4.03. The van der Waals surface area contributed by atoms with Crippen LogP contribution in [-0.4, -0.2) is 18.9 Å². The number of anilines is 1. The number of ether oxygens (including phenoxy) is 1. The van der Waals surface area contributed by atoms with Gasteiger partial charge in [0, 0.05) is 16.3 Å². The molecular formula is C16H16ClNO2. The Kier molecular flexibility index (Phi) is 4.64. The van der Waals surface area contributed by atoms with Crippen LogP contribution in [-0.2, 0) is 0 Å². The molecule has 1 unspecified atom stereocenters. The van der Waals surface area contributed by atoms with E-state index in [0.29, 0.717) is 10.6 Å². The normalized spacial score (nSPS) is 11.8. The summed E-state index contributed by atoms with van der Waals surface area (Å²) < 4.78 is 5.09. The summed E-state index contributed by atoms with van der Waals surface area (Å²) in [4.78, 5) is 12.3. The lowest BCUT2D eigenvalue weighted by molar-refractivity contribution is 0.0975. The van der Waals surface area contributed by atoms with E-state index < -0.39 is 0 Å². The zero-order valence-electron chi connectivity index (χ0n) is 11.4. The number of carbonyl (C=O) groups excluding carboxylic acids is 1. The van der Waals surface area contributed by atoms with Gasteiger partial charge >= 0.3 is 0 Å². The maximum Gasteiger partial charge on any atom is 0.184 e. The van der Waals surface area contributed by atoms with Crippen molar-refractivity contribution in [2.75, 3.05) is 12.4 Å². The number of rotatable bonds is 5. The van der Waals surface area contributed by atoms with Crippen LogP contribution >= 0.6 is 11.6 Å². The fourth-order valence-corrected chi connectivity index (χ4v) is 1.99. The van der Waals surface area contributed by atoms with Crippen LogP contribution in [0.5, 0.6) is 5.75 Å². The van der Waals surface area contributed by atoms with E-state index in [1.165, 1.54) is 0 Å². The Labute approximate surface area is 123 Å². The van der Waals surface area contributed by atoms with Crippen LogP contribution in [0.1, 0.15) is 17.3 Å². The van der Waals surface area contributed by atoms with Gasteiger partial charge in [0.25, 0.3) is 0 Å². The van der Waals surface area contributed by atoms with Crippen molar-refractivity contribution < 1.29 is 9.53 Å². The van der Waals surface area contributed by atoms with E-state index in [9.17, 15) is 4.79 Å². The van der Waals surface area contributed by atoms with Crippen LogP contribution < -0.4 is 10.1 Å². The second-order valence-electron chi connectivity index (χ2n) is 4.47. The predicted molar refractivity (Wildman–Crippen MR) is 81.9 cm³/mol. The summed E-state index contributed by atoms with van der Waals surface area (Å²) in [5.74, 6) is 0.810. The molecule has 1 N–H and O–H groups in total. The number of nitrogens with one attached hydrogen (secondary N) is 1. The molecule has 104 valence electrons. The lowest BCUT2D eigenvalue weighted by atomic mass is 10.1. The van der Waals surface area contributed by atoms with E-state index in [1.807, 2.05) is 31.2 Å². The second-order valence-corrected chi connectivity index (χ2v) is 4.90. The first kappa shape index (κ1) is 14.4. The van der Waals surface area contributed by atoms with E-state index in [1.54, 1.807) is 31.4 Å². The summed E-state index contributed by atoms with van der Waals surface area (Å²) in [5, 5.41) is 3.79. The Morgan fingerprint density at radius 3 is 2.25 bits per heavy atom. The van der Waals surface area contributed by atoms with Gasteiger partial charge in [0.2, 0.25) is 0 Å². The highest BCUT2D eigenvalue weighted by atomic mass is 35.5. The largest absolute Gasteiger partial charge is 0.497 e. The first-order valence-corrected chi connectivity index (χ1v) is 6.68. The first-order valence-electron chi connectivity index (χ1n) is 6.30. The van der Waals surface area contributed by atoms with Crippen molar-refractivity contribution in [2.45, 2.75) is 13.0 Å². The molecule has 0 aliphatic heterocycles. The molecule has 20 heavy (non-hydrogen) atoms. The van der Waals surface area contributed by atoms with E-state index in [-0.39, 0.29) is 11.8 Å². The maximum atomic E-state index is 12.3. The highest BCUT2D eigenvalue weighted by Gasteiger charge is 2.14. The molecule has 4 heteroatoms. The summed E-state index contributed by atoms with van der Waals surface area (Å²) in [6.07, 6.45) is 0. The number of benzene rings is 2. The molecule has 0 amide bonds. The minimum absolute atomic E-state index is 0.0254. The minimum atomic E-state index is -0.315. The van der Waals surface area contributed by atoms with Gasteiger partial charge in [-0.25, -0.2) is 0 Å². The van der Waals surface area contributed by atoms with Crippen molar-refractivity contribution in [3.63, 3.8) is 0 Å². The molecule has 2 aromatic rings. The Bertz CT molecular complexity index is 578. The third-order valence-electron chi connectivity index (χ3n) is 3.00. The Hall–Kier alpha value is -2.00. The quantitative estimate of drug-likeness (QED) is 0.845. The van der Waals surface area contributed by atoms with Crippen LogP contribution in [0.25, 0.3) is 0 Å². The smallest absolute Gasteiger partial charge is 0.184 e. The van der Waals surface area contributed by atoms with Crippen molar-refractivity contribution >= 4 is 23.1 Å². The van der Waals surface area contributed by atoms with Crippen molar-refractivity contribution in [2.24, 2.45) is 0 Å². The molecule has 0 saturated carbocycles. The van der Waals surface area contributed by atoms with Crippen LogP contribution in [0.3, 0.4) is 0 Å². The summed E-state index contributed by atoms with van der Waals surface area (Å²) in [5.41, 5.74) is 1.52. The molecule has 3 nitrogen and oxygen atoms in total. The Balaban J connectivity index is 2.04. The molecule has 0 aromatic heterocycles. The van der Waals surface area contributed by atoms with E-state index in [2.05, 4.69) is 5.32 Å². The zero-order chi connectivity index (χ0) is 14.5. The van der Waals surface area contributed by atoms with Gasteiger partial charge in [0.1, 0.15) is 5.75 Å². The van der Waals surface area contributed by atoms with Crippen LogP contribution in [0.2, 0.25) is 5.02 Å². The fraction of sp³-hybridized carbons (Fsp3) is 0.188. The van der Waals surface area contributed by atoms with Gasteiger partial charge in [-0.1, -0.05) is 11.6 Å². The standard InChI is InChI=1S/C16H16ClNO2/c1-11(16(19)12-3-5-13(17)6-4-12)18-14-7-9-15(20-2)10-8-14/h3-11,18H,1-2H3. The number of ketones is 1. The van der Waals surface area contributed by atoms with Crippen molar-refractivity contribution in [3.8, 4) is 5.75 Å². The van der Waals surface area contributed by atoms with Crippen LogP contribution in [0, 0.1) is 0 Å². The number of halogens is 1.